The lowest BCUT2D eigenvalue weighted by Crippen LogP contribution is -2.24. The number of allylic oxidation sites excluding steroid dienone is 2. The zero-order valence-corrected chi connectivity index (χ0v) is 11.7. The van der Waals surface area contributed by atoms with Gasteiger partial charge in [-0.1, -0.05) is 33.8 Å². The molecule has 0 saturated carbocycles. The van der Waals surface area contributed by atoms with Crippen molar-refractivity contribution in [3.63, 3.8) is 0 Å². The summed E-state index contributed by atoms with van der Waals surface area (Å²) in [6, 6.07) is 0. The minimum Gasteiger partial charge on any atom is -0.402 e. The summed E-state index contributed by atoms with van der Waals surface area (Å²) in [6.07, 6.45) is 4.10. The van der Waals surface area contributed by atoms with Gasteiger partial charge in [0.1, 0.15) is 0 Å². The number of nitrogens with one attached hydrogen (secondary N) is 1. The smallest absolute Gasteiger partial charge is 0.0784 e. The molecule has 0 aromatic heterocycles. The Hall–Kier alpha value is -1.25. The van der Waals surface area contributed by atoms with Crippen molar-refractivity contribution in [2.24, 2.45) is 11.7 Å². The minimum atomic E-state index is 0.437. The van der Waals surface area contributed by atoms with Gasteiger partial charge in [0.15, 0.2) is 0 Å². The van der Waals surface area contributed by atoms with Gasteiger partial charge in [-0.3, -0.25) is 5.41 Å². The summed E-state index contributed by atoms with van der Waals surface area (Å²) in [7, 11) is 0. The highest BCUT2D eigenvalue weighted by Crippen LogP contribution is 2.22. The van der Waals surface area contributed by atoms with Gasteiger partial charge in [-0.15, -0.1) is 0 Å². The third-order valence-corrected chi connectivity index (χ3v) is 2.93. The number of rotatable bonds is 4. The summed E-state index contributed by atoms with van der Waals surface area (Å²) in [6.45, 7) is 14.0. The molecule has 1 aliphatic rings. The molecule has 1 atom stereocenters. The van der Waals surface area contributed by atoms with E-state index in [-0.39, 0.29) is 0 Å². The van der Waals surface area contributed by atoms with Crippen molar-refractivity contribution < 1.29 is 0 Å². The Morgan fingerprint density at radius 1 is 1.53 bits per heavy atom. The van der Waals surface area contributed by atoms with E-state index in [1.54, 1.807) is 13.0 Å². The number of nitrogens with zero attached hydrogens (tertiary/aromatic N) is 1. The quantitative estimate of drug-likeness (QED) is 0.738. The van der Waals surface area contributed by atoms with Crippen molar-refractivity contribution >= 4 is 5.71 Å². The highest BCUT2D eigenvalue weighted by Gasteiger charge is 2.22. The molecule has 1 saturated heterocycles. The van der Waals surface area contributed by atoms with Gasteiger partial charge in [0.2, 0.25) is 0 Å². The van der Waals surface area contributed by atoms with Gasteiger partial charge in [-0.2, -0.15) is 0 Å². The third kappa shape index (κ3) is 5.07. The van der Waals surface area contributed by atoms with E-state index in [0.29, 0.717) is 11.4 Å². The van der Waals surface area contributed by atoms with E-state index in [9.17, 15) is 0 Å². The molecule has 0 amide bonds. The molecule has 1 fully saturated rings. The summed E-state index contributed by atoms with van der Waals surface area (Å²) < 4.78 is 0. The van der Waals surface area contributed by atoms with Gasteiger partial charge in [0, 0.05) is 18.8 Å². The van der Waals surface area contributed by atoms with Crippen LogP contribution in [0.2, 0.25) is 0 Å². The molecule has 0 spiro atoms. The van der Waals surface area contributed by atoms with Crippen LogP contribution in [0.3, 0.4) is 0 Å². The van der Waals surface area contributed by atoms with Crippen LogP contribution >= 0.6 is 0 Å². The lowest BCUT2D eigenvalue weighted by Gasteiger charge is -2.20. The van der Waals surface area contributed by atoms with E-state index in [0.717, 1.165) is 24.7 Å². The van der Waals surface area contributed by atoms with Crippen LogP contribution in [0.4, 0.5) is 0 Å². The van der Waals surface area contributed by atoms with Gasteiger partial charge in [0.25, 0.3) is 0 Å². The Morgan fingerprint density at radius 3 is 2.53 bits per heavy atom. The monoisotopic (exact) mass is 237 g/mol. The Kier molecular flexibility index (Phi) is 7.35. The van der Waals surface area contributed by atoms with E-state index in [1.807, 2.05) is 13.8 Å². The largest absolute Gasteiger partial charge is 0.402 e. The Labute approximate surface area is 106 Å². The molecule has 0 aromatic carbocycles. The SMILES string of the molecule is C=C(C(=N)/C=C(/C)N)N1CCC(CC)C1.CC. The molecule has 17 heavy (non-hydrogen) atoms. The minimum absolute atomic E-state index is 0.437. The fourth-order valence-corrected chi connectivity index (χ4v) is 1.89. The Morgan fingerprint density at radius 2 is 2.12 bits per heavy atom. The van der Waals surface area contributed by atoms with Gasteiger partial charge in [-0.05, 0) is 25.3 Å². The second-order valence-corrected chi connectivity index (χ2v) is 4.26. The predicted molar refractivity (Wildman–Crippen MR) is 76.1 cm³/mol. The summed E-state index contributed by atoms with van der Waals surface area (Å²) >= 11 is 0. The molecule has 3 N–H and O–H groups in total. The first-order chi connectivity index (χ1) is 8.04. The van der Waals surface area contributed by atoms with E-state index in [1.165, 1.54) is 12.8 Å². The summed E-state index contributed by atoms with van der Waals surface area (Å²) in [5.74, 6) is 0.762. The number of hydrogen-bond donors (Lipinski definition) is 2. The first kappa shape index (κ1) is 15.8. The van der Waals surface area contributed by atoms with E-state index < -0.39 is 0 Å². The topological polar surface area (TPSA) is 53.1 Å². The molecule has 1 rings (SSSR count). The van der Waals surface area contributed by atoms with Crippen LogP contribution < -0.4 is 5.73 Å². The Balaban J connectivity index is 0.00000121. The van der Waals surface area contributed by atoms with Gasteiger partial charge in [-0.25, -0.2) is 0 Å². The predicted octanol–water partition coefficient (Wildman–Crippen LogP) is 3.14. The van der Waals surface area contributed by atoms with Crippen LogP contribution in [0.25, 0.3) is 0 Å². The zero-order chi connectivity index (χ0) is 13.4. The van der Waals surface area contributed by atoms with Crippen molar-refractivity contribution in [3.8, 4) is 0 Å². The third-order valence-electron chi connectivity index (χ3n) is 2.93. The standard InChI is InChI=1S/C12H21N3.C2H6/c1-4-11-5-6-15(8-11)10(3)12(14)7-9(2)13;1-2/h7,11,14H,3-6,8,13H2,1-2H3;1-2H3/b9-7-,14-12?;. The maximum absolute atomic E-state index is 7.82. The van der Waals surface area contributed by atoms with E-state index >= 15 is 0 Å². The molecular formula is C14H27N3. The molecule has 1 heterocycles. The van der Waals surface area contributed by atoms with Crippen LogP contribution in [0.1, 0.15) is 40.5 Å². The second-order valence-electron chi connectivity index (χ2n) is 4.26. The summed E-state index contributed by atoms with van der Waals surface area (Å²) in [4.78, 5) is 2.19. The molecule has 1 unspecified atom stereocenters. The van der Waals surface area contributed by atoms with Crippen LogP contribution in [-0.4, -0.2) is 23.7 Å². The Bertz CT molecular complexity index is 288. The van der Waals surface area contributed by atoms with Crippen LogP contribution in [0.15, 0.2) is 24.0 Å². The molecule has 98 valence electrons. The first-order valence-electron chi connectivity index (χ1n) is 6.51. The van der Waals surface area contributed by atoms with Crippen molar-refractivity contribution in [2.75, 3.05) is 13.1 Å². The first-order valence-corrected chi connectivity index (χ1v) is 6.51. The molecule has 3 nitrogen and oxygen atoms in total. The molecule has 0 radical (unpaired) electrons. The molecule has 0 bridgehead atoms. The molecule has 0 aromatic rings. The van der Waals surface area contributed by atoms with Crippen LogP contribution in [0, 0.1) is 11.3 Å². The van der Waals surface area contributed by atoms with Crippen molar-refractivity contribution in [1.82, 2.24) is 4.90 Å². The maximum Gasteiger partial charge on any atom is 0.0784 e. The average molecular weight is 237 g/mol. The number of hydrogen-bond acceptors (Lipinski definition) is 3. The molecule has 3 heteroatoms. The highest BCUT2D eigenvalue weighted by molar-refractivity contribution is 6.05. The summed E-state index contributed by atoms with van der Waals surface area (Å²) in [5, 5.41) is 7.82. The van der Waals surface area contributed by atoms with Crippen molar-refractivity contribution in [3.05, 3.63) is 24.0 Å². The van der Waals surface area contributed by atoms with E-state index in [4.69, 9.17) is 11.1 Å². The zero-order valence-electron chi connectivity index (χ0n) is 11.7. The fourth-order valence-electron chi connectivity index (χ4n) is 1.89. The van der Waals surface area contributed by atoms with Gasteiger partial charge in [0.05, 0.1) is 11.4 Å². The maximum atomic E-state index is 7.82. The molecular weight excluding hydrogens is 210 g/mol. The van der Waals surface area contributed by atoms with Crippen LogP contribution in [0.5, 0.6) is 0 Å². The second kappa shape index (κ2) is 7.93. The van der Waals surface area contributed by atoms with Crippen LogP contribution in [-0.2, 0) is 0 Å². The van der Waals surface area contributed by atoms with Gasteiger partial charge < -0.3 is 10.6 Å². The van der Waals surface area contributed by atoms with E-state index in [2.05, 4.69) is 18.4 Å². The lowest BCUT2D eigenvalue weighted by atomic mass is 10.1. The lowest BCUT2D eigenvalue weighted by molar-refractivity contribution is 0.419. The van der Waals surface area contributed by atoms with Gasteiger partial charge >= 0.3 is 0 Å². The normalized spacial score (nSPS) is 19.6. The number of nitrogens with two attached hydrogens (primary N) is 1. The summed E-state index contributed by atoms with van der Waals surface area (Å²) in [5.41, 5.74) is 7.44. The fraction of sp³-hybridized carbons (Fsp3) is 0.643. The average Bonchev–Trinajstić information content (AvgIpc) is 2.78. The molecule has 0 aliphatic carbocycles. The van der Waals surface area contributed by atoms with Crippen molar-refractivity contribution in [1.29, 1.82) is 5.41 Å². The highest BCUT2D eigenvalue weighted by atomic mass is 15.2. The molecule has 1 aliphatic heterocycles. The number of likely N-dealkylation sites (tertiary alicyclic amines) is 1. The van der Waals surface area contributed by atoms with Crippen molar-refractivity contribution in [2.45, 2.75) is 40.5 Å².